The van der Waals surface area contributed by atoms with Crippen molar-refractivity contribution in [1.82, 2.24) is 9.97 Å². The summed E-state index contributed by atoms with van der Waals surface area (Å²) in [6, 6.07) is 34.0. The Hall–Kier alpha value is -6.84. The van der Waals surface area contributed by atoms with Crippen molar-refractivity contribution in [3.63, 3.8) is 0 Å². The second-order valence-corrected chi connectivity index (χ2v) is 13.4. The Morgan fingerprint density at radius 1 is 0.519 bits per heavy atom. The highest BCUT2D eigenvalue weighted by Crippen LogP contribution is 2.36. The van der Waals surface area contributed by atoms with Crippen LogP contribution in [-0.4, -0.2) is 32.6 Å². The molecule has 0 spiro atoms. The van der Waals surface area contributed by atoms with E-state index in [0.29, 0.717) is 11.1 Å². The number of phenols is 2. The molecule has 0 unspecified atom stereocenters. The van der Waals surface area contributed by atoms with Gasteiger partial charge in [0.1, 0.15) is 11.5 Å². The topological polar surface area (TPSA) is 91.0 Å². The predicted octanol–water partition coefficient (Wildman–Crippen LogP) is 10.3. The van der Waals surface area contributed by atoms with E-state index in [9.17, 15) is 10.2 Å². The third kappa shape index (κ3) is 6.94. The summed E-state index contributed by atoms with van der Waals surface area (Å²) in [6.07, 6.45) is 6.77. The molecule has 0 atom stereocenters. The second-order valence-electron chi connectivity index (χ2n) is 11.6. The quantitative estimate of drug-likeness (QED) is 0.138. The van der Waals surface area contributed by atoms with Crippen LogP contribution in [-0.2, 0) is 0 Å². The maximum absolute atomic E-state index is 10.6. The maximum Gasteiger partial charge on any atom is 0.124 e. The van der Waals surface area contributed by atoms with Crippen molar-refractivity contribution < 1.29 is 10.2 Å². The minimum absolute atomic E-state index is 0.121. The molecule has 8 rings (SSSR count). The summed E-state index contributed by atoms with van der Waals surface area (Å²) < 4.78 is 0. The van der Waals surface area contributed by atoms with Gasteiger partial charge in [0.25, 0.3) is 0 Å². The predicted molar refractivity (Wildman–Crippen MR) is 214 cm³/mol. The Bertz CT molecular complexity index is 2610. The number of hydrogen-bond donors (Lipinski definition) is 2. The van der Waals surface area contributed by atoms with E-state index in [2.05, 4.69) is 43.6 Å². The van der Waals surface area contributed by atoms with Crippen LogP contribution >= 0.6 is 22.7 Å². The number of aromatic nitrogens is 2. The number of para-hydroxylation sites is 2. The lowest BCUT2D eigenvalue weighted by Crippen LogP contribution is -1.86. The number of thiophene rings is 2. The molecule has 2 N–H and O–H groups in total. The summed E-state index contributed by atoms with van der Waals surface area (Å²) in [5.74, 6) is 13.4. The molecule has 0 saturated carbocycles. The van der Waals surface area contributed by atoms with Gasteiger partial charge in [-0.15, -0.1) is 22.7 Å². The van der Waals surface area contributed by atoms with Crippen molar-refractivity contribution in [3.05, 3.63) is 166 Å². The van der Waals surface area contributed by atoms with Gasteiger partial charge < -0.3 is 10.2 Å². The van der Waals surface area contributed by atoms with Gasteiger partial charge in [-0.2, -0.15) is 0 Å². The minimum Gasteiger partial charge on any atom is -0.507 e. The van der Waals surface area contributed by atoms with E-state index in [0.717, 1.165) is 65.2 Å². The van der Waals surface area contributed by atoms with Crippen molar-refractivity contribution in [3.8, 4) is 44.9 Å². The number of aliphatic imine (C=N–C) groups is 2. The van der Waals surface area contributed by atoms with Gasteiger partial charge in [0, 0.05) is 69.0 Å². The molecular weight excluding hydrogens is 681 g/mol. The van der Waals surface area contributed by atoms with Gasteiger partial charge >= 0.3 is 0 Å². The molecular formula is C44H26N4O2S2. The standard InChI is InChI=1S/C44H26N4O2S2/c49-39-17-13-29(25-35(39)27-47-37-9-1-5-31-7-3-21-45-41(31)37)11-15-33-19-23-51-43(33)44-34(20-24-52-44)16-12-30-14-18-40(50)36(26-30)28-48-38-10-2-6-32-8-4-22-46-42(32)38/h1-10,13-14,17-28,49-50H. The van der Waals surface area contributed by atoms with Crippen molar-refractivity contribution >= 4 is 68.3 Å². The van der Waals surface area contributed by atoms with Gasteiger partial charge in [-0.1, -0.05) is 60.1 Å². The van der Waals surface area contributed by atoms with Crippen LogP contribution in [0.1, 0.15) is 33.4 Å². The third-order valence-corrected chi connectivity index (χ3v) is 10.2. The van der Waals surface area contributed by atoms with E-state index in [-0.39, 0.29) is 11.5 Å². The third-order valence-electron chi connectivity index (χ3n) is 8.18. The summed E-state index contributed by atoms with van der Waals surface area (Å²) in [5, 5.41) is 27.2. The Morgan fingerprint density at radius 3 is 1.46 bits per heavy atom. The molecule has 0 amide bonds. The van der Waals surface area contributed by atoms with E-state index in [4.69, 9.17) is 0 Å². The molecule has 0 bridgehead atoms. The first-order valence-electron chi connectivity index (χ1n) is 16.2. The number of aromatic hydroxyl groups is 2. The zero-order chi connectivity index (χ0) is 35.3. The summed E-state index contributed by atoms with van der Waals surface area (Å²) >= 11 is 3.24. The first kappa shape index (κ1) is 32.4. The fourth-order valence-corrected chi connectivity index (χ4v) is 7.48. The van der Waals surface area contributed by atoms with Gasteiger partial charge in [0.2, 0.25) is 0 Å². The van der Waals surface area contributed by atoms with Gasteiger partial charge in [0.05, 0.1) is 32.2 Å². The number of rotatable bonds is 5. The molecule has 0 saturated heterocycles. The fraction of sp³-hybridized carbons (Fsp3) is 0. The van der Waals surface area contributed by atoms with E-state index >= 15 is 0 Å². The Kier molecular flexibility index (Phi) is 9.06. The zero-order valence-electron chi connectivity index (χ0n) is 27.4. The summed E-state index contributed by atoms with van der Waals surface area (Å²) in [6.45, 7) is 0. The minimum atomic E-state index is 0.121. The van der Waals surface area contributed by atoms with Gasteiger partial charge in [-0.25, -0.2) is 0 Å². The van der Waals surface area contributed by atoms with Crippen molar-refractivity contribution in [2.75, 3.05) is 0 Å². The first-order chi connectivity index (χ1) is 25.6. The highest BCUT2D eigenvalue weighted by atomic mass is 32.1. The highest BCUT2D eigenvalue weighted by molar-refractivity contribution is 7.20. The lowest BCUT2D eigenvalue weighted by Gasteiger charge is -2.02. The Labute approximate surface area is 307 Å². The fourth-order valence-electron chi connectivity index (χ4n) is 5.58. The van der Waals surface area contributed by atoms with Crippen molar-refractivity contribution in [2.45, 2.75) is 0 Å². The molecule has 0 aliphatic heterocycles. The molecule has 8 aromatic rings. The van der Waals surface area contributed by atoms with Crippen LogP contribution in [0.2, 0.25) is 0 Å². The Balaban J connectivity index is 1.03. The molecule has 0 radical (unpaired) electrons. The number of nitrogens with zero attached hydrogens (tertiary/aromatic N) is 4. The van der Waals surface area contributed by atoms with E-state index < -0.39 is 0 Å². The van der Waals surface area contributed by atoms with Crippen LogP contribution in [0.3, 0.4) is 0 Å². The average molecular weight is 707 g/mol. The van der Waals surface area contributed by atoms with Crippen LogP contribution in [0, 0.1) is 23.7 Å². The van der Waals surface area contributed by atoms with Crippen LogP contribution in [0.15, 0.2) is 142 Å². The number of pyridine rings is 2. The molecule has 52 heavy (non-hydrogen) atoms. The van der Waals surface area contributed by atoms with Gasteiger partial charge in [-0.3, -0.25) is 20.0 Å². The van der Waals surface area contributed by atoms with Crippen LogP contribution in [0.25, 0.3) is 31.6 Å². The van der Waals surface area contributed by atoms with E-state index in [1.807, 2.05) is 95.7 Å². The molecule has 0 fully saturated rings. The normalized spacial score (nSPS) is 11.2. The maximum atomic E-state index is 10.6. The summed E-state index contributed by atoms with van der Waals surface area (Å²) in [7, 11) is 0. The van der Waals surface area contributed by atoms with E-state index in [1.54, 1.807) is 71.8 Å². The molecule has 4 aromatic heterocycles. The lowest BCUT2D eigenvalue weighted by molar-refractivity contribution is 0.474. The Morgan fingerprint density at radius 2 is 0.981 bits per heavy atom. The first-order valence-corrected chi connectivity index (χ1v) is 18.0. The number of phenolic OH excluding ortho intramolecular Hbond substituents is 2. The zero-order valence-corrected chi connectivity index (χ0v) is 29.0. The molecule has 0 aliphatic carbocycles. The molecule has 4 heterocycles. The summed E-state index contributed by atoms with van der Waals surface area (Å²) in [4.78, 5) is 20.3. The van der Waals surface area contributed by atoms with Gasteiger partial charge in [-0.05, 0) is 83.6 Å². The monoisotopic (exact) mass is 706 g/mol. The van der Waals surface area contributed by atoms with Gasteiger partial charge in [0.15, 0.2) is 0 Å². The molecule has 0 aliphatic rings. The SMILES string of the molecule is Oc1ccc(C#Cc2ccsc2-c2sccc2C#Cc2ccc(O)c(C=Nc3cccc4cccnc34)c2)cc1C=Nc1cccc2cccnc12. The molecule has 246 valence electrons. The second kappa shape index (κ2) is 14.6. The summed E-state index contributed by atoms with van der Waals surface area (Å²) in [5.41, 5.74) is 7.47. The van der Waals surface area contributed by atoms with E-state index in [1.165, 1.54) is 0 Å². The van der Waals surface area contributed by atoms with Crippen LogP contribution < -0.4 is 0 Å². The van der Waals surface area contributed by atoms with Crippen LogP contribution in [0.4, 0.5) is 11.4 Å². The number of fused-ring (bicyclic) bond motifs is 2. The molecule has 8 heteroatoms. The molecule has 6 nitrogen and oxygen atoms in total. The van der Waals surface area contributed by atoms with Crippen molar-refractivity contribution in [2.24, 2.45) is 9.98 Å². The largest absolute Gasteiger partial charge is 0.507 e. The lowest BCUT2D eigenvalue weighted by atomic mass is 10.1. The average Bonchev–Trinajstić information content (AvgIpc) is 3.85. The number of benzene rings is 4. The molecule has 4 aromatic carbocycles. The van der Waals surface area contributed by atoms with Crippen molar-refractivity contribution in [1.29, 1.82) is 0 Å². The van der Waals surface area contributed by atoms with Crippen LogP contribution in [0.5, 0.6) is 11.5 Å². The smallest absolute Gasteiger partial charge is 0.124 e. The number of hydrogen-bond acceptors (Lipinski definition) is 8. The highest BCUT2D eigenvalue weighted by Gasteiger charge is 2.11.